The van der Waals surface area contributed by atoms with Gasteiger partial charge in [0, 0.05) is 31.1 Å². The average Bonchev–Trinajstić information content (AvgIpc) is 2.52. The topological polar surface area (TPSA) is 78.8 Å². The summed E-state index contributed by atoms with van der Waals surface area (Å²) in [6.07, 6.45) is -0.933. The highest BCUT2D eigenvalue weighted by Gasteiger charge is 2.39. The van der Waals surface area contributed by atoms with E-state index in [0.717, 1.165) is 24.5 Å². The zero-order valence-electron chi connectivity index (χ0n) is 14.3. The molecule has 0 radical (unpaired) electrons. The molecule has 1 aromatic rings. The van der Waals surface area contributed by atoms with Gasteiger partial charge in [-0.15, -0.1) is 0 Å². The van der Waals surface area contributed by atoms with Gasteiger partial charge >= 0.3 is 6.09 Å². The Morgan fingerprint density at radius 3 is 2.54 bits per heavy atom. The van der Waals surface area contributed by atoms with E-state index in [9.17, 15) is 9.90 Å². The van der Waals surface area contributed by atoms with Crippen molar-refractivity contribution in [3.63, 3.8) is 0 Å². The quantitative estimate of drug-likeness (QED) is 0.781. The Bertz CT molecular complexity index is 641. The molecule has 0 spiro atoms. The SMILES string of the molecule is CC(C)(C)C1CN(C(=O)O)Cc2nc(Cl)nc(N3CCOCC3)c21. The maximum atomic E-state index is 11.5. The third kappa shape index (κ3) is 3.28. The summed E-state index contributed by atoms with van der Waals surface area (Å²) < 4.78 is 5.43. The van der Waals surface area contributed by atoms with Crippen LogP contribution in [-0.4, -0.2) is 58.9 Å². The number of anilines is 1. The lowest BCUT2D eigenvalue weighted by molar-refractivity contribution is 0.117. The van der Waals surface area contributed by atoms with Gasteiger partial charge in [-0.05, 0) is 17.0 Å². The molecule has 1 saturated heterocycles. The summed E-state index contributed by atoms with van der Waals surface area (Å²) in [6.45, 7) is 9.83. The van der Waals surface area contributed by atoms with Gasteiger partial charge in [-0.3, -0.25) is 0 Å². The number of carbonyl (C=O) groups is 1. The van der Waals surface area contributed by atoms with Gasteiger partial charge in [0.15, 0.2) is 0 Å². The summed E-state index contributed by atoms with van der Waals surface area (Å²) in [7, 11) is 0. The molecule has 0 bridgehead atoms. The molecule has 1 atom stereocenters. The third-order valence-electron chi connectivity index (χ3n) is 4.70. The first-order valence-electron chi connectivity index (χ1n) is 8.14. The number of hydrogen-bond donors (Lipinski definition) is 1. The summed E-state index contributed by atoms with van der Waals surface area (Å²) in [4.78, 5) is 24.0. The predicted octanol–water partition coefficient (Wildman–Crippen LogP) is 2.59. The summed E-state index contributed by atoms with van der Waals surface area (Å²) in [5.74, 6) is 0.839. The zero-order valence-corrected chi connectivity index (χ0v) is 15.0. The molecule has 132 valence electrons. The minimum Gasteiger partial charge on any atom is -0.465 e. The van der Waals surface area contributed by atoms with Crippen molar-refractivity contribution in [2.45, 2.75) is 33.2 Å². The molecule has 0 aromatic carbocycles. The fourth-order valence-electron chi connectivity index (χ4n) is 3.38. The van der Waals surface area contributed by atoms with Gasteiger partial charge in [0.05, 0.1) is 25.5 Å². The molecule has 1 aromatic heterocycles. The molecule has 3 rings (SSSR count). The highest BCUT2D eigenvalue weighted by Crippen LogP contribution is 2.44. The van der Waals surface area contributed by atoms with E-state index in [2.05, 4.69) is 35.6 Å². The number of carboxylic acid groups (broad SMARTS) is 1. The molecular weight excluding hydrogens is 332 g/mol. The van der Waals surface area contributed by atoms with Crippen LogP contribution in [0.5, 0.6) is 0 Å². The van der Waals surface area contributed by atoms with Crippen LogP contribution in [0, 0.1) is 5.41 Å². The maximum Gasteiger partial charge on any atom is 0.407 e. The van der Waals surface area contributed by atoms with Crippen LogP contribution >= 0.6 is 11.6 Å². The van der Waals surface area contributed by atoms with E-state index in [1.54, 1.807) is 0 Å². The average molecular weight is 355 g/mol. The fraction of sp³-hybridized carbons (Fsp3) is 0.688. The van der Waals surface area contributed by atoms with Crippen molar-refractivity contribution in [1.29, 1.82) is 0 Å². The first-order valence-corrected chi connectivity index (χ1v) is 8.52. The van der Waals surface area contributed by atoms with Crippen molar-refractivity contribution in [2.24, 2.45) is 5.41 Å². The summed E-state index contributed by atoms with van der Waals surface area (Å²) in [5.41, 5.74) is 1.62. The van der Waals surface area contributed by atoms with Crippen molar-refractivity contribution >= 4 is 23.5 Å². The minimum atomic E-state index is -0.933. The number of halogens is 1. The smallest absolute Gasteiger partial charge is 0.407 e. The first kappa shape index (κ1) is 17.2. The van der Waals surface area contributed by atoms with E-state index in [4.69, 9.17) is 16.3 Å². The van der Waals surface area contributed by atoms with Crippen LogP contribution in [0.2, 0.25) is 5.28 Å². The van der Waals surface area contributed by atoms with Crippen LogP contribution in [0.4, 0.5) is 10.6 Å². The van der Waals surface area contributed by atoms with Gasteiger partial charge in [0.2, 0.25) is 5.28 Å². The Kier molecular flexibility index (Phi) is 4.57. The Morgan fingerprint density at radius 1 is 1.29 bits per heavy atom. The van der Waals surface area contributed by atoms with E-state index in [0.29, 0.717) is 25.5 Å². The number of morpholine rings is 1. The van der Waals surface area contributed by atoms with E-state index >= 15 is 0 Å². The second kappa shape index (κ2) is 6.37. The van der Waals surface area contributed by atoms with Gasteiger partial charge in [-0.2, -0.15) is 0 Å². The standard InChI is InChI=1S/C16H23ClN4O3/c1-16(2,3)10-8-21(15(22)23)9-11-12(10)13(19-14(17)18-11)20-4-6-24-7-5-20/h10H,4-9H2,1-3H3,(H,22,23). The summed E-state index contributed by atoms with van der Waals surface area (Å²) in [6, 6.07) is 0. The third-order valence-corrected chi connectivity index (χ3v) is 4.86. The normalized spacial score (nSPS) is 21.6. The molecule has 1 unspecified atom stereocenters. The molecule has 0 aliphatic carbocycles. The largest absolute Gasteiger partial charge is 0.465 e. The fourth-order valence-corrected chi connectivity index (χ4v) is 3.56. The van der Waals surface area contributed by atoms with Crippen LogP contribution in [0.3, 0.4) is 0 Å². The number of amides is 1. The number of aromatic nitrogens is 2. The molecule has 2 aliphatic heterocycles. The minimum absolute atomic E-state index is 0.00691. The lowest BCUT2D eigenvalue weighted by Crippen LogP contribution is -2.44. The maximum absolute atomic E-state index is 11.5. The van der Waals surface area contributed by atoms with Crippen LogP contribution in [0.25, 0.3) is 0 Å². The first-order chi connectivity index (χ1) is 11.3. The molecule has 8 heteroatoms. The molecule has 7 nitrogen and oxygen atoms in total. The molecular formula is C16H23ClN4O3. The Balaban J connectivity index is 2.11. The lowest BCUT2D eigenvalue weighted by atomic mass is 9.74. The Morgan fingerprint density at radius 2 is 1.96 bits per heavy atom. The molecule has 3 heterocycles. The van der Waals surface area contributed by atoms with E-state index in [1.807, 2.05) is 0 Å². The number of nitrogens with zero attached hydrogens (tertiary/aromatic N) is 4. The van der Waals surface area contributed by atoms with Crippen molar-refractivity contribution in [3.05, 3.63) is 16.5 Å². The van der Waals surface area contributed by atoms with E-state index in [-0.39, 0.29) is 23.2 Å². The van der Waals surface area contributed by atoms with Crippen molar-refractivity contribution in [1.82, 2.24) is 14.9 Å². The van der Waals surface area contributed by atoms with Crippen molar-refractivity contribution in [2.75, 3.05) is 37.7 Å². The molecule has 1 fully saturated rings. The molecule has 1 amide bonds. The van der Waals surface area contributed by atoms with E-state index < -0.39 is 6.09 Å². The number of hydrogen-bond acceptors (Lipinski definition) is 5. The van der Waals surface area contributed by atoms with Gasteiger partial charge in [0.1, 0.15) is 5.82 Å². The number of fused-ring (bicyclic) bond motifs is 1. The van der Waals surface area contributed by atoms with E-state index in [1.165, 1.54) is 4.90 Å². The molecule has 1 N–H and O–H groups in total. The van der Waals surface area contributed by atoms with Crippen molar-refractivity contribution in [3.8, 4) is 0 Å². The molecule has 24 heavy (non-hydrogen) atoms. The van der Waals surface area contributed by atoms with Gasteiger partial charge in [-0.1, -0.05) is 20.8 Å². The monoisotopic (exact) mass is 354 g/mol. The summed E-state index contributed by atoms with van der Waals surface area (Å²) in [5, 5.41) is 9.62. The molecule has 2 aliphatic rings. The highest BCUT2D eigenvalue weighted by molar-refractivity contribution is 6.28. The Labute approximate surface area is 146 Å². The summed E-state index contributed by atoms with van der Waals surface area (Å²) >= 11 is 6.14. The Hall–Kier alpha value is -1.60. The van der Waals surface area contributed by atoms with Gasteiger partial charge in [0.25, 0.3) is 0 Å². The zero-order chi connectivity index (χ0) is 17.5. The number of rotatable bonds is 1. The predicted molar refractivity (Wildman–Crippen MR) is 90.7 cm³/mol. The molecule has 0 saturated carbocycles. The second-order valence-corrected chi connectivity index (χ2v) is 7.70. The number of ether oxygens (including phenoxy) is 1. The van der Waals surface area contributed by atoms with Crippen LogP contribution in [0.15, 0.2) is 0 Å². The lowest BCUT2D eigenvalue weighted by Gasteiger charge is -2.42. The van der Waals surface area contributed by atoms with Crippen LogP contribution in [-0.2, 0) is 11.3 Å². The van der Waals surface area contributed by atoms with Gasteiger partial charge < -0.3 is 19.6 Å². The van der Waals surface area contributed by atoms with Crippen molar-refractivity contribution < 1.29 is 14.6 Å². The highest BCUT2D eigenvalue weighted by atomic mass is 35.5. The van der Waals surface area contributed by atoms with Crippen LogP contribution < -0.4 is 4.90 Å². The van der Waals surface area contributed by atoms with Gasteiger partial charge in [-0.25, -0.2) is 14.8 Å². The second-order valence-electron chi connectivity index (χ2n) is 7.36. The van der Waals surface area contributed by atoms with Crippen LogP contribution in [0.1, 0.15) is 37.9 Å².